The minimum absolute atomic E-state index is 0.00957. The molecule has 1 atom stereocenters. The molecule has 5 heteroatoms. The maximum atomic E-state index is 12.3. The molecular weight excluding hydrogens is 244 g/mol. The summed E-state index contributed by atoms with van der Waals surface area (Å²) in [5, 5.41) is 0. The van der Waals surface area contributed by atoms with Crippen molar-refractivity contribution in [3.8, 4) is 0 Å². The third-order valence-corrected chi connectivity index (χ3v) is 4.39. The Labute approximate surface area is 114 Å². The van der Waals surface area contributed by atoms with Crippen molar-refractivity contribution in [2.24, 2.45) is 5.92 Å². The first-order valence-electron chi connectivity index (χ1n) is 7.24. The number of rotatable bonds is 3. The molecule has 2 heterocycles. The van der Waals surface area contributed by atoms with Gasteiger partial charge in [-0.05, 0) is 45.7 Å². The molecule has 0 aromatic carbocycles. The highest BCUT2D eigenvalue weighted by Gasteiger charge is 2.32. The highest BCUT2D eigenvalue weighted by molar-refractivity contribution is 5.81. The van der Waals surface area contributed by atoms with Gasteiger partial charge < -0.3 is 9.64 Å². The van der Waals surface area contributed by atoms with Crippen LogP contribution in [0.15, 0.2) is 0 Å². The van der Waals surface area contributed by atoms with Crippen molar-refractivity contribution in [2.45, 2.75) is 38.6 Å². The molecule has 0 aromatic heterocycles. The van der Waals surface area contributed by atoms with Gasteiger partial charge in [0.1, 0.15) is 0 Å². The minimum Gasteiger partial charge on any atom is -0.469 e. The second-order valence-electron chi connectivity index (χ2n) is 5.54. The van der Waals surface area contributed by atoms with E-state index in [9.17, 15) is 9.59 Å². The molecule has 5 nitrogen and oxygen atoms in total. The van der Waals surface area contributed by atoms with Crippen molar-refractivity contribution in [2.75, 3.05) is 33.3 Å². The highest BCUT2D eigenvalue weighted by atomic mass is 16.5. The zero-order valence-electron chi connectivity index (χ0n) is 11.9. The lowest BCUT2D eigenvalue weighted by atomic mass is 9.96. The molecule has 0 radical (unpaired) electrons. The Morgan fingerprint density at radius 2 is 1.68 bits per heavy atom. The second-order valence-corrected chi connectivity index (χ2v) is 5.54. The fourth-order valence-corrected chi connectivity index (χ4v) is 3.05. The average molecular weight is 268 g/mol. The Morgan fingerprint density at radius 1 is 1.11 bits per heavy atom. The lowest BCUT2D eigenvalue weighted by Gasteiger charge is -2.35. The van der Waals surface area contributed by atoms with Gasteiger partial charge in [0.15, 0.2) is 0 Å². The Hall–Kier alpha value is -1.10. The van der Waals surface area contributed by atoms with Crippen LogP contribution in [0.25, 0.3) is 0 Å². The first-order chi connectivity index (χ1) is 9.13. The number of nitrogens with zero attached hydrogens (tertiary/aromatic N) is 2. The van der Waals surface area contributed by atoms with E-state index in [0.29, 0.717) is 0 Å². The monoisotopic (exact) mass is 268 g/mol. The summed E-state index contributed by atoms with van der Waals surface area (Å²) in [5.41, 5.74) is 0. The Morgan fingerprint density at radius 3 is 2.21 bits per heavy atom. The van der Waals surface area contributed by atoms with Gasteiger partial charge in [0.2, 0.25) is 5.91 Å². The number of ether oxygens (including phenoxy) is 1. The summed E-state index contributed by atoms with van der Waals surface area (Å²) < 4.78 is 4.78. The topological polar surface area (TPSA) is 49.9 Å². The normalized spacial score (nSPS) is 23.4. The van der Waals surface area contributed by atoms with Crippen LogP contribution in [-0.4, -0.2) is 61.0 Å². The largest absolute Gasteiger partial charge is 0.469 e. The zero-order valence-corrected chi connectivity index (χ0v) is 11.9. The number of amides is 1. The van der Waals surface area contributed by atoms with E-state index in [2.05, 4.69) is 4.90 Å². The Kier molecular flexibility index (Phi) is 4.80. The molecule has 2 fully saturated rings. The summed E-state index contributed by atoms with van der Waals surface area (Å²) in [5.74, 6) is 0.141. The van der Waals surface area contributed by atoms with E-state index >= 15 is 0 Å². The number of hydrogen-bond acceptors (Lipinski definition) is 4. The van der Waals surface area contributed by atoms with Crippen LogP contribution in [0.2, 0.25) is 0 Å². The number of esters is 1. The predicted molar refractivity (Wildman–Crippen MR) is 71.6 cm³/mol. The van der Waals surface area contributed by atoms with E-state index in [1.807, 2.05) is 11.8 Å². The van der Waals surface area contributed by atoms with Gasteiger partial charge in [-0.15, -0.1) is 0 Å². The highest BCUT2D eigenvalue weighted by Crippen LogP contribution is 2.21. The van der Waals surface area contributed by atoms with E-state index in [0.717, 1.165) is 51.9 Å². The van der Waals surface area contributed by atoms with Crippen LogP contribution in [-0.2, 0) is 14.3 Å². The van der Waals surface area contributed by atoms with Gasteiger partial charge in [0.05, 0.1) is 19.1 Å². The van der Waals surface area contributed by atoms with Crippen molar-refractivity contribution in [1.82, 2.24) is 9.80 Å². The number of carbonyl (C=O) groups excluding carboxylic acids is 2. The van der Waals surface area contributed by atoms with Gasteiger partial charge in [0.25, 0.3) is 0 Å². The SMILES string of the molecule is COC(=O)C1CCN(C(C)C(=O)N2CCCC2)CC1. The van der Waals surface area contributed by atoms with Gasteiger partial charge in [-0.2, -0.15) is 0 Å². The summed E-state index contributed by atoms with van der Waals surface area (Å²) in [6.45, 7) is 5.41. The maximum absolute atomic E-state index is 12.3. The molecule has 0 spiro atoms. The molecule has 0 bridgehead atoms. The van der Waals surface area contributed by atoms with Crippen molar-refractivity contribution < 1.29 is 14.3 Å². The van der Waals surface area contributed by atoms with Crippen LogP contribution in [0.3, 0.4) is 0 Å². The second kappa shape index (κ2) is 6.37. The van der Waals surface area contributed by atoms with Crippen LogP contribution in [0.4, 0.5) is 0 Å². The van der Waals surface area contributed by atoms with Gasteiger partial charge in [-0.25, -0.2) is 0 Å². The number of likely N-dealkylation sites (tertiary alicyclic amines) is 2. The predicted octanol–water partition coefficient (Wildman–Crippen LogP) is 0.882. The lowest BCUT2D eigenvalue weighted by molar-refractivity contribution is -0.147. The average Bonchev–Trinajstić information content (AvgIpc) is 2.99. The molecule has 2 aliphatic rings. The van der Waals surface area contributed by atoms with Crippen molar-refractivity contribution in [1.29, 1.82) is 0 Å². The van der Waals surface area contributed by atoms with Gasteiger partial charge in [-0.1, -0.05) is 0 Å². The van der Waals surface area contributed by atoms with Gasteiger partial charge in [0, 0.05) is 13.1 Å². The van der Waals surface area contributed by atoms with E-state index in [1.165, 1.54) is 7.11 Å². The third kappa shape index (κ3) is 3.26. The number of carbonyl (C=O) groups is 2. The first-order valence-corrected chi connectivity index (χ1v) is 7.24. The molecule has 0 N–H and O–H groups in total. The molecule has 0 aromatic rings. The zero-order chi connectivity index (χ0) is 13.8. The van der Waals surface area contributed by atoms with Crippen LogP contribution >= 0.6 is 0 Å². The standard InChI is InChI=1S/C14H24N2O3/c1-11(13(17)16-7-3-4-8-16)15-9-5-12(6-10-15)14(18)19-2/h11-12H,3-10H2,1-2H3. The third-order valence-electron chi connectivity index (χ3n) is 4.39. The first kappa shape index (κ1) is 14.3. The summed E-state index contributed by atoms with van der Waals surface area (Å²) in [6.07, 6.45) is 3.85. The number of piperidine rings is 1. The Bertz CT molecular complexity index is 332. The lowest BCUT2D eigenvalue weighted by Crippen LogP contribution is -2.49. The quantitative estimate of drug-likeness (QED) is 0.713. The van der Waals surface area contributed by atoms with Crippen LogP contribution in [0.1, 0.15) is 32.6 Å². The van der Waals surface area contributed by atoms with Crippen LogP contribution in [0, 0.1) is 5.92 Å². The summed E-state index contributed by atoms with van der Waals surface area (Å²) in [6, 6.07) is -0.0586. The van der Waals surface area contributed by atoms with Gasteiger partial charge in [-0.3, -0.25) is 14.5 Å². The summed E-state index contributed by atoms with van der Waals surface area (Å²) >= 11 is 0. The minimum atomic E-state index is -0.113. The smallest absolute Gasteiger partial charge is 0.308 e. The molecule has 0 saturated carbocycles. The molecular formula is C14H24N2O3. The molecule has 19 heavy (non-hydrogen) atoms. The van der Waals surface area contributed by atoms with E-state index in [-0.39, 0.29) is 23.8 Å². The number of methoxy groups -OCH3 is 1. The molecule has 108 valence electrons. The molecule has 0 aliphatic carbocycles. The van der Waals surface area contributed by atoms with Crippen molar-refractivity contribution in [3.63, 3.8) is 0 Å². The van der Waals surface area contributed by atoms with Gasteiger partial charge >= 0.3 is 5.97 Å². The van der Waals surface area contributed by atoms with Crippen molar-refractivity contribution in [3.05, 3.63) is 0 Å². The molecule has 1 amide bonds. The van der Waals surface area contributed by atoms with Crippen molar-refractivity contribution >= 4 is 11.9 Å². The summed E-state index contributed by atoms with van der Waals surface area (Å²) in [7, 11) is 1.44. The van der Waals surface area contributed by atoms with Crippen LogP contribution in [0.5, 0.6) is 0 Å². The fourth-order valence-electron chi connectivity index (χ4n) is 3.05. The molecule has 2 aliphatic heterocycles. The molecule has 2 rings (SSSR count). The fraction of sp³-hybridized carbons (Fsp3) is 0.857. The summed E-state index contributed by atoms with van der Waals surface area (Å²) in [4.78, 5) is 27.9. The van der Waals surface area contributed by atoms with E-state index in [4.69, 9.17) is 4.74 Å². The van der Waals surface area contributed by atoms with E-state index < -0.39 is 0 Å². The van der Waals surface area contributed by atoms with Crippen LogP contribution < -0.4 is 0 Å². The Balaban J connectivity index is 1.83. The van der Waals surface area contributed by atoms with E-state index in [1.54, 1.807) is 0 Å². The molecule has 1 unspecified atom stereocenters. The number of hydrogen-bond donors (Lipinski definition) is 0. The molecule has 2 saturated heterocycles. The maximum Gasteiger partial charge on any atom is 0.308 e.